The fourth-order valence-electron chi connectivity index (χ4n) is 4.00. The first-order valence-electron chi connectivity index (χ1n) is 11.3. The Labute approximate surface area is 215 Å². The molecule has 1 saturated heterocycles. The van der Waals surface area contributed by atoms with Crippen molar-refractivity contribution in [3.8, 4) is 0 Å². The van der Waals surface area contributed by atoms with Gasteiger partial charge in [-0.3, -0.25) is 9.69 Å². The van der Waals surface area contributed by atoms with Gasteiger partial charge in [0.05, 0.1) is 28.3 Å². The minimum atomic E-state index is -3.51. The van der Waals surface area contributed by atoms with Crippen LogP contribution in [0.2, 0.25) is 5.02 Å². The normalized spacial score (nSPS) is 14.8. The summed E-state index contributed by atoms with van der Waals surface area (Å²) in [6.07, 6.45) is 0. The number of esters is 1. The fraction of sp³-hybridized carbons (Fsp3) is 0.231. The number of hydrogen-bond donors (Lipinski definition) is 1. The van der Waals surface area contributed by atoms with Crippen molar-refractivity contribution in [1.82, 2.24) is 9.21 Å². The van der Waals surface area contributed by atoms with Gasteiger partial charge in [-0.25, -0.2) is 13.2 Å². The van der Waals surface area contributed by atoms with Gasteiger partial charge in [0.15, 0.2) is 0 Å². The molecule has 0 aromatic heterocycles. The van der Waals surface area contributed by atoms with E-state index in [4.69, 9.17) is 16.3 Å². The molecule has 1 heterocycles. The lowest BCUT2D eigenvalue weighted by Crippen LogP contribution is -2.48. The van der Waals surface area contributed by atoms with Crippen LogP contribution in [0.1, 0.15) is 26.3 Å². The lowest BCUT2D eigenvalue weighted by Gasteiger charge is -2.34. The highest BCUT2D eigenvalue weighted by Crippen LogP contribution is 2.24. The van der Waals surface area contributed by atoms with Gasteiger partial charge >= 0.3 is 5.97 Å². The van der Waals surface area contributed by atoms with Crippen LogP contribution in [0.4, 0.5) is 5.69 Å². The van der Waals surface area contributed by atoms with Crippen LogP contribution in [0.3, 0.4) is 0 Å². The predicted molar refractivity (Wildman–Crippen MR) is 138 cm³/mol. The van der Waals surface area contributed by atoms with Crippen LogP contribution in [0.25, 0.3) is 0 Å². The van der Waals surface area contributed by atoms with E-state index in [0.717, 1.165) is 5.56 Å². The van der Waals surface area contributed by atoms with Gasteiger partial charge in [-0.15, -0.1) is 0 Å². The molecule has 188 valence electrons. The lowest BCUT2D eigenvalue weighted by atomic mass is 10.1. The van der Waals surface area contributed by atoms with Crippen molar-refractivity contribution in [3.05, 3.63) is 94.5 Å². The van der Waals surface area contributed by atoms with Crippen molar-refractivity contribution in [2.24, 2.45) is 0 Å². The summed E-state index contributed by atoms with van der Waals surface area (Å²) >= 11 is 6.20. The number of carbonyl (C=O) groups is 2. The van der Waals surface area contributed by atoms with Crippen molar-refractivity contribution in [1.29, 1.82) is 0 Å². The molecule has 1 aliphatic rings. The van der Waals surface area contributed by atoms with E-state index in [9.17, 15) is 18.0 Å². The number of benzene rings is 3. The fourth-order valence-corrected chi connectivity index (χ4v) is 5.61. The van der Waals surface area contributed by atoms with Crippen molar-refractivity contribution in [2.75, 3.05) is 38.6 Å². The minimum absolute atomic E-state index is 0.277. The summed E-state index contributed by atoms with van der Waals surface area (Å²) in [5, 5.41) is 3.05. The molecular formula is C26H26ClN3O5S. The number of anilines is 1. The molecule has 0 unspecified atom stereocenters. The topological polar surface area (TPSA) is 96.0 Å². The van der Waals surface area contributed by atoms with Crippen molar-refractivity contribution in [2.45, 2.75) is 11.4 Å². The van der Waals surface area contributed by atoms with Crippen LogP contribution in [0, 0.1) is 0 Å². The van der Waals surface area contributed by atoms with Gasteiger partial charge in [-0.05, 0) is 48.0 Å². The first-order valence-corrected chi connectivity index (χ1v) is 13.2. The van der Waals surface area contributed by atoms with Crippen molar-refractivity contribution >= 4 is 39.2 Å². The molecule has 4 rings (SSSR count). The monoisotopic (exact) mass is 527 g/mol. The van der Waals surface area contributed by atoms with Crippen LogP contribution >= 0.6 is 11.6 Å². The van der Waals surface area contributed by atoms with Gasteiger partial charge in [0.1, 0.15) is 0 Å². The summed E-state index contributed by atoms with van der Waals surface area (Å²) in [7, 11) is -2.23. The molecule has 0 spiro atoms. The third-order valence-corrected chi connectivity index (χ3v) is 8.19. The van der Waals surface area contributed by atoms with Gasteiger partial charge < -0.3 is 10.1 Å². The number of carbonyl (C=O) groups excluding carboxylic acids is 2. The Kier molecular flexibility index (Phi) is 8.05. The first-order chi connectivity index (χ1) is 17.3. The molecule has 36 heavy (non-hydrogen) atoms. The molecule has 8 nitrogen and oxygen atoms in total. The minimum Gasteiger partial charge on any atom is -0.465 e. The summed E-state index contributed by atoms with van der Waals surface area (Å²) in [6.45, 7) is 2.54. The van der Waals surface area contributed by atoms with Crippen LogP contribution in [-0.4, -0.2) is 62.8 Å². The molecule has 1 N–H and O–H groups in total. The average molecular weight is 528 g/mol. The number of halogens is 1. The number of amides is 1. The number of sulfonamides is 1. The third-order valence-electron chi connectivity index (χ3n) is 5.94. The summed E-state index contributed by atoms with van der Waals surface area (Å²) in [5.41, 5.74) is 1.96. The molecule has 0 radical (unpaired) electrons. The second kappa shape index (κ2) is 11.2. The number of nitrogens with one attached hydrogen (secondary N) is 1. The van der Waals surface area contributed by atoms with E-state index in [2.05, 4.69) is 10.2 Å². The Bertz CT molecular complexity index is 1360. The van der Waals surface area contributed by atoms with E-state index >= 15 is 0 Å². The van der Waals surface area contributed by atoms with E-state index in [1.807, 2.05) is 6.07 Å². The van der Waals surface area contributed by atoms with Crippen LogP contribution in [0.5, 0.6) is 0 Å². The van der Waals surface area contributed by atoms with Crippen LogP contribution < -0.4 is 5.32 Å². The molecule has 1 amide bonds. The van der Waals surface area contributed by atoms with Crippen LogP contribution in [0.15, 0.2) is 77.7 Å². The molecule has 0 bridgehead atoms. The largest absolute Gasteiger partial charge is 0.465 e. The highest BCUT2D eigenvalue weighted by atomic mass is 35.5. The maximum atomic E-state index is 12.9. The molecule has 10 heteroatoms. The molecule has 0 saturated carbocycles. The molecular weight excluding hydrogens is 502 g/mol. The first kappa shape index (κ1) is 25.8. The number of piperazine rings is 1. The van der Waals surface area contributed by atoms with Crippen molar-refractivity contribution in [3.63, 3.8) is 0 Å². The Balaban J connectivity index is 1.38. The zero-order valence-corrected chi connectivity index (χ0v) is 21.3. The summed E-state index contributed by atoms with van der Waals surface area (Å²) in [4.78, 5) is 27.1. The van der Waals surface area contributed by atoms with E-state index in [1.54, 1.807) is 48.5 Å². The molecule has 3 aromatic rings. The van der Waals surface area contributed by atoms with Crippen LogP contribution in [-0.2, 0) is 21.3 Å². The Hall–Kier alpha value is -3.24. The summed E-state index contributed by atoms with van der Waals surface area (Å²) in [6, 6.07) is 20.2. The van der Waals surface area contributed by atoms with E-state index in [1.165, 1.54) is 29.6 Å². The van der Waals surface area contributed by atoms with E-state index in [-0.39, 0.29) is 11.5 Å². The van der Waals surface area contributed by atoms with Gasteiger partial charge in [-0.2, -0.15) is 4.31 Å². The predicted octanol–water partition coefficient (Wildman–Crippen LogP) is 3.89. The smallest absolute Gasteiger partial charge is 0.337 e. The molecule has 0 atom stereocenters. The molecule has 1 fully saturated rings. The third kappa shape index (κ3) is 5.93. The molecule has 0 aliphatic carbocycles. The number of ether oxygens (including phenoxy) is 1. The Morgan fingerprint density at radius 1 is 0.917 bits per heavy atom. The molecule has 1 aliphatic heterocycles. The van der Waals surface area contributed by atoms with Gasteiger partial charge in [-0.1, -0.05) is 41.9 Å². The standard InChI is InChI=1S/C26H26ClN3O5S/c1-35-26(32)21-10-11-23(27)24(17-21)28-25(31)20-7-5-6-19(16-20)18-29-12-14-30(15-13-29)36(33,34)22-8-3-2-4-9-22/h2-11,16-17H,12-15,18H2,1H3,(H,28,31). The second-order valence-electron chi connectivity index (χ2n) is 8.33. The van der Waals surface area contributed by atoms with E-state index in [0.29, 0.717) is 53.9 Å². The second-order valence-corrected chi connectivity index (χ2v) is 10.7. The van der Waals surface area contributed by atoms with Gasteiger partial charge in [0.2, 0.25) is 10.0 Å². The highest BCUT2D eigenvalue weighted by molar-refractivity contribution is 7.89. The van der Waals surface area contributed by atoms with Gasteiger partial charge in [0.25, 0.3) is 5.91 Å². The zero-order valence-electron chi connectivity index (χ0n) is 19.7. The van der Waals surface area contributed by atoms with E-state index < -0.39 is 16.0 Å². The maximum Gasteiger partial charge on any atom is 0.337 e. The Morgan fingerprint density at radius 3 is 2.33 bits per heavy atom. The summed E-state index contributed by atoms with van der Waals surface area (Å²) < 4.78 is 31.9. The SMILES string of the molecule is COC(=O)c1ccc(Cl)c(NC(=O)c2cccc(CN3CCN(S(=O)(=O)c4ccccc4)CC3)c2)c1. The number of hydrogen-bond acceptors (Lipinski definition) is 6. The number of methoxy groups -OCH3 is 1. The maximum absolute atomic E-state index is 12.9. The quantitative estimate of drug-likeness (QED) is 0.468. The average Bonchev–Trinajstić information content (AvgIpc) is 2.90. The zero-order chi connectivity index (χ0) is 25.7. The number of nitrogens with zero attached hydrogens (tertiary/aromatic N) is 2. The highest BCUT2D eigenvalue weighted by Gasteiger charge is 2.28. The summed E-state index contributed by atoms with van der Waals surface area (Å²) in [5.74, 6) is -0.889. The number of rotatable bonds is 7. The van der Waals surface area contributed by atoms with Gasteiger partial charge in [0, 0.05) is 38.3 Å². The van der Waals surface area contributed by atoms with Crippen molar-refractivity contribution < 1.29 is 22.7 Å². The lowest BCUT2D eigenvalue weighted by molar-refractivity contribution is 0.0600. The molecule has 3 aromatic carbocycles. The Morgan fingerprint density at radius 2 is 1.64 bits per heavy atom.